The second-order valence-corrected chi connectivity index (χ2v) is 4.45. The highest BCUT2D eigenvalue weighted by Crippen LogP contribution is 2.23. The number of carbonyl (C=O) groups excluding carboxylic acids is 1. The number of nitrogens with one attached hydrogen (secondary N) is 2. The van der Waals surface area contributed by atoms with Crippen molar-refractivity contribution in [3.05, 3.63) is 47.6 Å². The SMILES string of the molecule is O=C(NCc1ncon1)C1CNCc2ccccc21. The average Bonchev–Trinajstić information content (AvgIpc) is 2.97. The summed E-state index contributed by atoms with van der Waals surface area (Å²) < 4.78 is 4.62. The van der Waals surface area contributed by atoms with Crippen molar-refractivity contribution in [3.8, 4) is 0 Å². The standard InChI is InChI=1S/C13H14N4O2/c18-13(15-7-12-16-8-19-17-12)11-6-14-5-9-3-1-2-4-10(9)11/h1-4,8,11,14H,5-7H2,(H,15,18). The third-order valence-corrected chi connectivity index (χ3v) is 3.24. The lowest BCUT2D eigenvalue weighted by molar-refractivity contribution is -0.122. The molecule has 19 heavy (non-hydrogen) atoms. The second-order valence-electron chi connectivity index (χ2n) is 4.45. The van der Waals surface area contributed by atoms with Gasteiger partial charge in [0.15, 0.2) is 5.82 Å². The van der Waals surface area contributed by atoms with Gasteiger partial charge in [0.05, 0.1) is 12.5 Å². The smallest absolute Gasteiger partial charge is 0.229 e. The molecule has 1 aromatic carbocycles. The van der Waals surface area contributed by atoms with Crippen molar-refractivity contribution in [1.82, 2.24) is 20.8 Å². The predicted octanol–water partition coefficient (Wildman–Crippen LogP) is 0.573. The van der Waals surface area contributed by atoms with E-state index in [9.17, 15) is 4.79 Å². The zero-order chi connectivity index (χ0) is 13.1. The summed E-state index contributed by atoms with van der Waals surface area (Å²) >= 11 is 0. The van der Waals surface area contributed by atoms with E-state index in [4.69, 9.17) is 0 Å². The fourth-order valence-corrected chi connectivity index (χ4v) is 2.29. The summed E-state index contributed by atoms with van der Waals surface area (Å²) in [5, 5.41) is 9.75. The minimum atomic E-state index is -0.170. The third-order valence-electron chi connectivity index (χ3n) is 3.24. The maximum absolute atomic E-state index is 12.2. The number of aromatic nitrogens is 2. The highest BCUT2D eigenvalue weighted by molar-refractivity contribution is 5.84. The molecule has 1 atom stereocenters. The number of hydrogen-bond acceptors (Lipinski definition) is 5. The van der Waals surface area contributed by atoms with Gasteiger partial charge in [-0.15, -0.1) is 0 Å². The van der Waals surface area contributed by atoms with Gasteiger partial charge in [0.2, 0.25) is 12.3 Å². The number of rotatable bonds is 3. The minimum absolute atomic E-state index is 0.0237. The number of benzene rings is 1. The van der Waals surface area contributed by atoms with Gasteiger partial charge >= 0.3 is 0 Å². The zero-order valence-corrected chi connectivity index (χ0v) is 10.3. The largest absolute Gasteiger partial charge is 0.348 e. The van der Waals surface area contributed by atoms with Crippen molar-refractivity contribution in [2.45, 2.75) is 19.0 Å². The molecule has 0 radical (unpaired) electrons. The first-order chi connectivity index (χ1) is 9.34. The fourth-order valence-electron chi connectivity index (χ4n) is 2.29. The molecule has 2 aromatic rings. The normalized spacial score (nSPS) is 17.8. The van der Waals surface area contributed by atoms with Crippen LogP contribution >= 0.6 is 0 Å². The maximum atomic E-state index is 12.2. The van der Waals surface area contributed by atoms with E-state index in [1.54, 1.807) is 0 Å². The summed E-state index contributed by atoms with van der Waals surface area (Å²) in [5.74, 6) is 0.284. The van der Waals surface area contributed by atoms with Crippen molar-refractivity contribution in [2.75, 3.05) is 6.54 Å². The molecule has 98 valence electrons. The first-order valence-corrected chi connectivity index (χ1v) is 6.16. The van der Waals surface area contributed by atoms with Crippen LogP contribution in [-0.2, 0) is 17.9 Å². The van der Waals surface area contributed by atoms with E-state index in [2.05, 4.69) is 25.3 Å². The molecule has 0 spiro atoms. The molecule has 0 bridgehead atoms. The van der Waals surface area contributed by atoms with E-state index in [-0.39, 0.29) is 18.4 Å². The van der Waals surface area contributed by atoms with Crippen LogP contribution < -0.4 is 10.6 Å². The topological polar surface area (TPSA) is 80.1 Å². The van der Waals surface area contributed by atoms with Gasteiger partial charge in [-0.2, -0.15) is 4.98 Å². The summed E-state index contributed by atoms with van der Waals surface area (Å²) in [5.41, 5.74) is 2.26. The summed E-state index contributed by atoms with van der Waals surface area (Å²) in [7, 11) is 0. The van der Waals surface area contributed by atoms with Gasteiger partial charge in [-0.1, -0.05) is 29.4 Å². The van der Waals surface area contributed by atoms with E-state index in [0.717, 1.165) is 12.1 Å². The van der Waals surface area contributed by atoms with E-state index >= 15 is 0 Å². The fraction of sp³-hybridized carbons (Fsp3) is 0.308. The Kier molecular flexibility index (Phi) is 3.24. The second kappa shape index (κ2) is 5.19. The van der Waals surface area contributed by atoms with Gasteiger partial charge in [0.1, 0.15) is 0 Å². The maximum Gasteiger partial charge on any atom is 0.229 e. The molecule has 2 heterocycles. The first-order valence-electron chi connectivity index (χ1n) is 6.16. The Morgan fingerprint density at radius 2 is 2.37 bits per heavy atom. The Bertz CT molecular complexity index is 568. The minimum Gasteiger partial charge on any atom is -0.348 e. The van der Waals surface area contributed by atoms with E-state index in [0.29, 0.717) is 12.4 Å². The molecule has 0 saturated heterocycles. The van der Waals surface area contributed by atoms with Crippen LogP contribution in [-0.4, -0.2) is 22.6 Å². The highest BCUT2D eigenvalue weighted by Gasteiger charge is 2.25. The van der Waals surface area contributed by atoms with Crippen LogP contribution in [0.3, 0.4) is 0 Å². The van der Waals surface area contributed by atoms with Crippen LogP contribution in [0.4, 0.5) is 0 Å². The molecular weight excluding hydrogens is 244 g/mol. The Labute approximate surface area is 110 Å². The van der Waals surface area contributed by atoms with Crippen LogP contribution in [0.2, 0.25) is 0 Å². The van der Waals surface area contributed by atoms with E-state index < -0.39 is 0 Å². The van der Waals surface area contributed by atoms with Crippen LogP contribution in [0.15, 0.2) is 35.2 Å². The van der Waals surface area contributed by atoms with Gasteiger partial charge in [-0.25, -0.2) is 0 Å². The third kappa shape index (κ3) is 2.48. The summed E-state index contributed by atoms with van der Waals surface area (Å²) in [6.45, 7) is 1.74. The molecule has 6 heteroatoms. The van der Waals surface area contributed by atoms with Gasteiger partial charge in [0, 0.05) is 13.1 Å². The lowest BCUT2D eigenvalue weighted by Crippen LogP contribution is -2.38. The molecular formula is C13H14N4O2. The van der Waals surface area contributed by atoms with Crippen molar-refractivity contribution in [3.63, 3.8) is 0 Å². The molecule has 6 nitrogen and oxygen atoms in total. The van der Waals surface area contributed by atoms with Crippen molar-refractivity contribution in [2.24, 2.45) is 0 Å². The molecule has 0 fully saturated rings. The Hall–Kier alpha value is -2.21. The Morgan fingerprint density at radius 3 is 3.21 bits per heavy atom. The van der Waals surface area contributed by atoms with Crippen LogP contribution in [0, 0.1) is 0 Å². The summed E-state index contributed by atoms with van der Waals surface area (Å²) in [6, 6.07) is 8.00. The van der Waals surface area contributed by atoms with Crippen LogP contribution in [0.5, 0.6) is 0 Å². The number of nitrogens with zero attached hydrogens (tertiary/aromatic N) is 2. The number of fused-ring (bicyclic) bond motifs is 1. The van der Waals surface area contributed by atoms with Crippen molar-refractivity contribution < 1.29 is 9.32 Å². The van der Waals surface area contributed by atoms with Crippen LogP contribution in [0.1, 0.15) is 22.9 Å². The number of carbonyl (C=O) groups is 1. The zero-order valence-electron chi connectivity index (χ0n) is 10.3. The van der Waals surface area contributed by atoms with Gasteiger partial charge in [-0.3, -0.25) is 4.79 Å². The highest BCUT2D eigenvalue weighted by atomic mass is 16.5. The molecule has 1 aromatic heterocycles. The van der Waals surface area contributed by atoms with Crippen LogP contribution in [0.25, 0.3) is 0 Å². The van der Waals surface area contributed by atoms with Gasteiger partial charge in [0.25, 0.3) is 0 Å². The first kappa shape index (κ1) is 11.9. The van der Waals surface area contributed by atoms with Crippen molar-refractivity contribution in [1.29, 1.82) is 0 Å². The monoisotopic (exact) mass is 258 g/mol. The molecule has 1 unspecified atom stereocenters. The molecule has 2 N–H and O–H groups in total. The number of amides is 1. The van der Waals surface area contributed by atoms with E-state index in [1.807, 2.05) is 24.3 Å². The van der Waals surface area contributed by atoms with Gasteiger partial charge in [-0.05, 0) is 11.1 Å². The molecule has 3 rings (SSSR count). The summed E-state index contributed by atoms with van der Waals surface area (Å²) in [4.78, 5) is 16.1. The molecule has 1 aliphatic heterocycles. The molecule has 1 aliphatic rings. The quantitative estimate of drug-likeness (QED) is 0.841. The lowest BCUT2D eigenvalue weighted by atomic mass is 9.90. The predicted molar refractivity (Wildman–Crippen MR) is 67.0 cm³/mol. The Balaban J connectivity index is 1.71. The van der Waals surface area contributed by atoms with E-state index in [1.165, 1.54) is 12.0 Å². The summed E-state index contributed by atoms with van der Waals surface area (Å²) in [6.07, 6.45) is 1.25. The van der Waals surface area contributed by atoms with Crippen molar-refractivity contribution >= 4 is 5.91 Å². The number of hydrogen-bond donors (Lipinski definition) is 2. The van der Waals surface area contributed by atoms with Gasteiger partial charge < -0.3 is 15.2 Å². The average molecular weight is 258 g/mol. The molecule has 0 saturated carbocycles. The Morgan fingerprint density at radius 1 is 1.47 bits per heavy atom. The molecule has 0 aliphatic carbocycles. The molecule has 1 amide bonds. The lowest BCUT2D eigenvalue weighted by Gasteiger charge is -2.25.